The number of rotatable bonds is 4. The maximum atomic E-state index is 11.7. The lowest BCUT2D eigenvalue weighted by Crippen LogP contribution is -2.39. The Balaban J connectivity index is 1.53. The van der Waals surface area contributed by atoms with Gasteiger partial charge in [-0.2, -0.15) is 0 Å². The number of benzene rings is 1. The molecule has 0 radical (unpaired) electrons. The first-order valence-electron chi connectivity index (χ1n) is 7.83. The first-order valence-corrected chi connectivity index (χ1v) is 11.5. The summed E-state index contributed by atoms with van der Waals surface area (Å²) in [5.41, 5.74) is 1.13. The molecule has 3 aromatic rings. The zero-order valence-corrected chi connectivity index (χ0v) is 15.7. The minimum Gasteiger partial charge on any atom is -0.260 e. The van der Waals surface area contributed by atoms with Gasteiger partial charge in [0.25, 0.3) is 0 Å². The van der Waals surface area contributed by atoms with Gasteiger partial charge in [0.05, 0.1) is 16.5 Å². The van der Waals surface area contributed by atoms with Crippen LogP contribution in [-0.4, -0.2) is 52.4 Å². The third kappa shape index (κ3) is 3.05. The van der Waals surface area contributed by atoms with Gasteiger partial charge in [0.2, 0.25) is 15.0 Å². The van der Waals surface area contributed by atoms with Crippen LogP contribution < -0.4 is 0 Å². The number of para-hydroxylation sites is 1. The van der Waals surface area contributed by atoms with Gasteiger partial charge in [0.1, 0.15) is 0 Å². The number of thioether (sulfide) groups is 1. The molecule has 0 aliphatic carbocycles. The number of hydrogen-bond acceptors (Lipinski definition) is 6. The third-order valence-corrected chi connectivity index (χ3v) is 7.75. The maximum Gasteiger partial charge on any atom is 0.217 e. The lowest BCUT2D eigenvalue weighted by Gasteiger charge is -2.30. The molecule has 1 aliphatic heterocycles. The summed E-state index contributed by atoms with van der Waals surface area (Å²) in [6.07, 6.45) is 3.28. The Kier molecular flexibility index (Phi) is 4.27. The van der Waals surface area contributed by atoms with E-state index in [1.54, 1.807) is 27.4 Å². The molecule has 3 heterocycles. The van der Waals surface area contributed by atoms with Gasteiger partial charge in [-0.1, -0.05) is 35.2 Å². The number of fused-ring (bicyclic) bond motifs is 3. The van der Waals surface area contributed by atoms with E-state index in [4.69, 9.17) is 0 Å². The molecule has 9 heteroatoms. The van der Waals surface area contributed by atoms with Crippen LogP contribution in [0.4, 0.5) is 0 Å². The highest BCUT2D eigenvalue weighted by atomic mass is 32.2. The summed E-state index contributed by atoms with van der Waals surface area (Å²) in [5.74, 6) is 1.22. The molecule has 4 rings (SSSR count). The van der Waals surface area contributed by atoms with E-state index in [0.717, 1.165) is 34.2 Å². The summed E-state index contributed by atoms with van der Waals surface area (Å²) in [6.45, 7) is 1.25. The number of sulfonamides is 1. The van der Waals surface area contributed by atoms with E-state index >= 15 is 0 Å². The molecule has 0 saturated carbocycles. The Morgan fingerprint density at radius 1 is 1.33 bits per heavy atom. The molecule has 0 N–H and O–H groups in total. The van der Waals surface area contributed by atoms with Gasteiger partial charge in [-0.25, -0.2) is 12.7 Å². The lowest BCUT2D eigenvalue weighted by atomic mass is 10.0. The fraction of sp³-hybridized carbons (Fsp3) is 0.467. The SMILES string of the molecule is CS(=O)(=O)N1CCC[C@H](CSc2nnc3sc4ccccc4n23)C1. The molecule has 1 aliphatic rings. The summed E-state index contributed by atoms with van der Waals surface area (Å²) < 4.78 is 28.4. The van der Waals surface area contributed by atoms with Gasteiger partial charge in [0, 0.05) is 18.8 Å². The molecule has 1 saturated heterocycles. The highest BCUT2D eigenvalue weighted by molar-refractivity contribution is 7.99. The van der Waals surface area contributed by atoms with Crippen LogP contribution in [0.25, 0.3) is 15.2 Å². The molecule has 0 spiro atoms. The first kappa shape index (κ1) is 16.3. The van der Waals surface area contributed by atoms with Crippen molar-refractivity contribution in [2.45, 2.75) is 18.0 Å². The number of nitrogens with zero attached hydrogens (tertiary/aromatic N) is 4. The molecular formula is C15H18N4O2S3. The minimum atomic E-state index is -3.09. The van der Waals surface area contributed by atoms with Gasteiger partial charge in [-0.15, -0.1) is 10.2 Å². The number of piperidine rings is 1. The van der Waals surface area contributed by atoms with Crippen LogP contribution in [0, 0.1) is 5.92 Å². The molecule has 6 nitrogen and oxygen atoms in total. The van der Waals surface area contributed by atoms with Crippen LogP contribution in [0.1, 0.15) is 12.8 Å². The van der Waals surface area contributed by atoms with Crippen LogP contribution in [0.5, 0.6) is 0 Å². The van der Waals surface area contributed by atoms with Gasteiger partial charge in [0.15, 0.2) is 5.16 Å². The van der Waals surface area contributed by atoms with Crippen molar-refractivity contribution >= 4 is 48.3 Å². The van der Waals surface area contributed by atoms with Crippen LogP contribution in [0.2, 0.25) is 0 Å². The van der Waals surface area contributed by atoms with Crippen molar-refractivity contribution in [2.75, 3.05) is 25.1 Å². The minimum absolute atomic E-state index is 0.357. The molecule has 2 aromatic heterocycles. The van der Waals surface area contributed by atoms with Crippen molar-refractivity contribution in [1.82, 2.24) is 18.9 Å². The predicted molar refractivity (Wildman–Crippen MR) is 98.2 cm³/mol. The van der Waals surface area contributed by atoms with E-state index in [9.17, 15) is 8.42 Å². The number of thiazole rings is 1. The second-order valence-corrected chi connectivity index (χ2v) is 10.1. The average Bonchev–Trinajstić information content (AvgIpc) is 3.11. The van der Waals surface area contributed by atoms with Crippen LogP contribution in [0.3, 0.4) is 0 Å². The number of aromatic nitrogens is 3. The van der Waals surface area contributed by atoms with Crippen LogP contribution in [-0.2, 0) is 10.0 Å². The van der Waals surface area contributed by atoms with E-state index in [-0.39, 0.29) is 0 Å². The van der Waals surface area contributed by atoms with E-state index < -0.39 is 10.0 Å². The molecule has 128 valence electrons. The second-order valence-electron chi connectivity index (χ2n) is 6.11. The fourth-order valence-electron chi connectivity index (χ4n) is 3.11. The van der Waals surface area contributed by atoms with Crippen molar-refractivity contribution < 1.29 is 8.42 Å². The number of hydrogen-bond donors (Lipinski definition) is 0. The molecule has 24 heavy (non-hydrogen) atoms. The van der Waals surface area contributed by atoms with Crippen molar-refractivity contribution in [1.29, 1.82) is 0 Å². The maximum absolute atomic E-state index is 11.7. The van der Waals surface area contributed by atoms with Gasteiger partial charge < -0.3 is 0 Å². The predicted octanol–water partition coefficient (Wildman–Crippen LogP) is 2.71. The molecule has 0 amide bonds. The largest absolute Gasteiger partial charge is 0.260 e. The highest BCUT2D eigenvalue weighted by Gasteiger charge is 2.26. The van der Waals surface area contributed by atoms with Crippen molar-refractivity contribution in [3.05, 3.63) is 24.3 Å². The first-order chi connectivity index (χ1) is 11.5. The summed E-state index contributed by atoms with van der Waals surface area (Å²) in [4.78, 5) is 0.903. The average molecular weight is 383 g/mol. The van der Waals surface area contributed by atoms with E-state index in [1.807, 2.05) is 12.1 Å². The van der Waals surface area contributed by atoms with Crippen LogP contribution in [0.15, 0.2) is 29.4 Å². The van der Waals surface area contributed by atoms with E-state index in [0.29, 0.717) is 19.0 Å². The van der Waals surface area contributed by atoms with Gasteiger partial charge in [-0.05, 0) is 30.9 Å². The third-order valence-electron chi connectivity index (χ3n) is 4.31. The zero-order chi connectivity index (χ0) is 16.7. The van der Waals surface area contributed by atoms with Crippen LogP contribution >= 0.6 is 23.1 Å². The van der Waals surface area contributed by atoms with E-state index in [1.165, 1.54) is 11.0 Å². The van der Waals surface area contributed by atoms with Crippen molar-refractivity contribution in [2.24, 2.45) is 5.92 Å². The molecule has 1 atom stereocenters. The highest BCUT2D eigenvalue weighted by Crippen LogP contribution is 2.31. The van der Waals surface area contributed by atoms with Crippen molar-refractivity contribution in [3.8, 4) is 0 Å². The molecule has 0 bridgehead atoms. The zero-order valence-electron chi connectivity index (χ0n) is 13.3. The van der Waals surface area contributed by atoms with Crippen molar-refractivity contribution in [3.63, 3.8) is 0 Å². The Labute approximate surface area is 148 Å². The summed E-state index contributed by atoms with van der Waals surface area (Å²) in [5, 5.41) is 9.48. The molecular weight excluding hydrogens is 364 g/mol. The van der Waals surface area contributed by atoms with Gasteiger partial charge >= 0.3 is 0 Å². The standard InChI is InChI=1S/C15H18N4O2S3/c1-24(20,21)18-8-4-5-11(9-18)10-22-14-16-17-15-19(14)12-6-2-3-7-13(12)23-15/h2-3,6-7,11H,4-5,8-10H2,1H3/t11-/m0/s1. The Hall–Kier alpha value is -1.16. The monoisotopic (exact) mass is 382 g/mol. The fourth-order valence-corrected chi connectivity index (χ4v) is 6.14. The quantitative estimate of drug-likeness (QED) is 0.649. The Bertz CT molecular complexity index is 979. The summed E-state index contributed by atoms with van der Waals surface area (Å²) in [6, 6.07) is 8.22. The molecule has 1 aromatic carbocycles. The summed E-state index contributed by atoms with van der Waals surface area (Å²) in [7, 11) is -3.09. The topological polar surface area (TPSA) is 67.6 Å². The molecule has 1 fully saturated rings. The van der Waals surface area contributed by atoms with Gasteiger partial charge in [-0.3, -0.25) is 4.40 Å². The Morgan fingerprint density at radius 3 is 3.00 bits per heavy atom. The Morgan fingerprint density at radius 2 is 2.17 bits per heavy atom. The normalized spacial score (nSPS) is 20.1. The smallest absolute Gasteiger partial charge is 0.217 e. The lowest BCUT2D eigenvalue weighted by molar-refractivity contribution is 0.286. The molecule has 0 unspecified atom stereocenters. The second kappa shape index (κ2) is 6.29. The van der Waals surface area contributed by atoms with E-state index in [2.05, 4.69) is 26.7 Å². The summed E-state index contributed by atoms with van der Waals surface area (Å²) >= 11 is 3.31.